The zero-order valence-corrected chi connectivity index (χ0v) is 20.9. The van der Waals surface area contributed by atoms with Gasteiger partial charge in [-0.3, -0.25) is 4.79 Å². The van der Waals surface area contributed by atoms with Gasteiger partial charge in [-0.05, 0) is 48.8 Å². The average Bonchev–Trinajstić information content (AvgIpc) is 3.77. The Kier molecular flexibility index (Phi) is 4.10. The molecule has 0 radical (unpaired) electrons. The Morgan fingerprint density at radius 1 is 1.08 bits per heavy atom. The zero-order chi connectivity index (χ0) is 25.5. The molecule has 9 unspecified atom stereocenters. The summed E-state index contributed by atoms with van der Waals surface area (Å²) in [7, 11) is 0. The van der Waals surface area contributed by atoms with Crippen molar-refractivity contribution in [3.63, 3.8) is 0 Å². The molecule has 9 heteroatoms. The number of para-hydroxylation sites is 1. The van der Waals surface area contributed by atoms with Crippen LogP contribution in [0.5, 0.6) is 5.75 Å². The van der Waals surface area contributed by atoms with Crippen LogP contribution in [0, 0.1) is 17.8 Å². The first kappa shape index (κ1) is 22.3. The van der Waals surface area contributed by atoms with Gasteiger partial charge in [-0.2, -0.15) is 0 Å². The van der Waals surface area contributed by atoms with Crippen LogP contribution in [0.25, 0.3) is 0 Å². The normalized spacial score (nSPS) is 45.4. The van der Waals surface area contributed by atoms with Crippen molar-refractivity contribution < 1.29 is 42.8 Å². The Morgan fingerprint density at radius 3 is 2.68 bits per heavy atom. The van der Waals surface area contributed by atoms with Gasteiger partial charge in [-0.15, -0.1) is 0 Å². The summed E-state index contributed by atoms with van der Waals surface area (Å²) in [6.45, 7) is 5.78. The van der Waals surface area contributed by atoms with E-state index in [9.17, 15) is 14.4 Å². The maximum absolute atomic E-state index is 13.6. The predicted octanol–water partition coefficient (Wildman–Crippen LogP) is 2.50. The summed E-state index contributed by atoms with van der Waals surface area (Å²) in [5.74, 6) is -0.804. The summed E-state index contributed by atoms with van der Waals surface area (Å²) < 4.78 is 36.7. The largest absolute Gasteiger partial charge is 0.458 e. The van der Waals surface area contributed by atoms with Crippen LogP contribution in [0.3, 0.4) is 0 Å². The highest BCUT2D eigenvalue weighted by Crippen LogP contribution is 2.80. The van der Waals surface area contributed by atoms with E-state index in [0.29, 0.717) is 13.0 Å². The molecule has 3 aliphatic carbocycles. The fraction of sp³-hybridized carbons (Fsp3) is 0.607. The lowest BCUT2D eigenvalue weighted by Gasteiger charge is -2.47. The smallest absolute Gasteiger partial charge is 0.342 e. The van der Waals surface area contributed by atoms with Crippen molar-refractivity contribution in [2.24, 2.45) is 17.8 Å². The lowest BCUT2D eigenvalue weighted by Crippen LogP contribution is -2.66. The van der Waals surface area contributed by atoms with Crippen molar-refractivity contribution in [2.75, 3.05) is 6.61 Å². The first-order valence-corrected chi connectivity index (χ1v) is 13.2. The molecule has 8 rings (SSSR count). The molecule has 2 spiro atoms. The zero-order valence-electron chi connectivity index (χ0n) is 20.9. The first-order valence-electron chi connectivity index (χ1n) is 13.2. The van der Waals surface area contributed by atoms with Gasteiger partial charge in [-0.1, -0.05) is 26.0 Å². The Bertz CT molecular complexity index is 1320. The molecule has 0 aromatic heterocycles. The van der Waals surface area contributed by atoms with Gasteiger partial charge in [0.15, 0.2) is 11.7 Å². The second-order valence-corrected chi connectivity index (χ2v) is 11.7. The van der Waals surface area contributed by atoms with Crippen LogP contribution in [0.1, 0.15) is 50.4 Å². The fourth-order valence-electron chi connectivity index (χ4n) is 8.43. The minimum atomic E-state index is -0.802. The van der Waals surface area contributed by atoms with Gasteiger partial charge in [-0.25, -0.2) is 9.59 Å². The SMILES string of the molecule is CC(=O)Oc1ccccc1C(=O)OC1C2(C(C)C)OC2C2OC23C2CCC4=C(COC4=O)C2CC2OC213. The molecular weight excluding hydrogens is 480 g/mol. The van der Waals surface area contributed by atoms with E-state index in [4.69, 9.17) is 28.4 Å². The Labute approximate surface area is 213 Å². The molecule has 9 atom stereocenters. The van der Waals surface area contributed by atoms with E-state index in [1.54, 1.807) is 24.3 Å². The molecule has 2 saturated carbocycles. The van der Waals surface area contributed by atoms with E-state index < -0.39 is 34.8 Å². The van der Waals surface area contributed by atoms with Gasteiger partial charge < -0.3 is 28.4 Å². The van der Waals surface area contributed by atoms with E-state index in [-0.39, 0.29) is 53.3 Å². The summed E-state index contributed by atoms with van der Waals surface area (Å²) in [6.07, 6.45) is 1.01. The van der Waals surface area contributed by atoms with Crippen LogP contribution < -0.4 is 4.74 Å². The third-order valence-electron chi connectivity index (χ3n) is 9.99. The number of benzene rings is 1. The highest BCUT2D eigenvalue weighted by molar-refractivity contribution is 5.94. The van der Waals surface area contributed by atoms with Gasteiger partial charge in [0, 0.05) is 18.4 Å². The number of fused-ring (bicyclic) bond motifs is 4. The van der Waals surface area contributed by atoms with Gasteiger partial charge in [0.05, 0.1) is 6.10 Å². The van der Waals surface area contributed by atoms with E-state index >= 15 is 0 Å². The first-order chi connectivity index (χ1) is 17.8. The molecule has 4 aliphatic heterocycles. The number of carbonyl (C=O) groups is 3. The van der Waals surface area contributed by atoms with Gasteiger partial charge >= 0.3 is 17.9 Å². The topological polar surface area (TPSA) is 116 Å². The number of ether oxygens (including phenoxy) is 6. The van der Waals surface area contributed by atoms with Crippen molar-refractivity contribution in [3.05, 3.63) is 41.0 Å². The van der Waals surface area contributed by atoms with Crippen LogP contribution in [0.4, 0.5) is 0 Å². The molecular formula is C28H28O9. The number of hydrogen-bond acceptors (Lipinski definition) is 9. The number of hydrogen-bond donors (Lipinski definition) is 0. The maximum atomic E-state index is 13.6. The lowest BCUT2D eigenvalue weighted by molar-refractivity contribution is -0.136. The summed E-state index contributed by atoms with van der Waals surface area (Å²) in [4.78, 5) is 37.6. The summed E-state index contributed by atoms with van der Waals surface area (Å²) in [5.41, 5.74) is -0.0330. The van der Waals surface area contributed by atoms with E-state index in [1.807, 2.05) is 0 Å². The van der Waals surface area contributed by atoms with Crippen molar-refractivity contribution in [3.8, 4) is 5.75 Å². The van der Waals surface area contributed by atoms with Crippen molar-refractivity contribution in [1.29, 1.82) is 0 Å². The van der Waals surface area contributed by atoms with Crippen LogP contribution in [-0.2, 0) is 33.3 Å². The molecule has 1 aromatic rings. The molecule has 9 nitrogen and oxygen atoms in total. The second-order valence-electron chi connectivity index (χ2n) is 11.7. The minimum Gasteiger partial charge on any atom is -0.458 e. The molecule has 37 heavy (non-hydrogen) atoms. The van der Waals surface area contributed by atoms with E-state index in [2.05, 4.69) is 13.8 Å². The molecule has 0 amide bonds. The van der Waals surface area contributed by atoms with Gasteiger partial charge in [0.1, 0.15) is 41.3 Å². The molecule has 0 N–H and O–H groups in total. The molecule has 194 valence electrons. The Balaban J connectivity index is 1.18. The highest BCUT2D eigenvalue weighted by atomic mass is 16.8. The van der Waals surface area contributed by atoms with E-state index in [1.165, 1.54) is 6.92 Å². The van der Waals surface area contributed by atoms with Crippen molar-refractivity contribution >= 4 is 17.9 Å². The van der Waals surface area contributed by atoms with Crippen molar-refractivity contribution in [2.45, 2.75) is 81.3 Å². The Morgan fingerprint density at radius 2 is 1.89 bits per heavy atom. The van der Waals surface area contributed by atoms with Crippen LogP contribution in [0.2, 0.25) is 0 Å². The van der Waals surface area contributed by atoms with E-state index in [0.717, 1.165) is 24.0 Å². The number of esters is 3. The predicted molar refractivity (Wildman–Crippen MR) is 123 cm³/mol. The van der Waals surface area contributed by atoms with Crippen LogP contribution in [-0.4, -0.2) is 65.7 Å². The molecule has 4 heterocycles. The summed E-state index contributed by atoms with van der Waals surface area (Å²) >= 11 is 0. The molecule has 0 bridgehead atoms. The van der Waals surface area contributed by atoms with Crippen LogP contribution >= 0.6 is 0 Å². The minimum absolute atomic E-state index is 0.0553. The monoisotopic (exact) mass is 508 g/mol. The highest BCUT2D eigenvalue weighted by Gasteiger charge is 2.99. The summed E-state index contributed by atoms with van der Waals surface area (Å²) in [6, 6.07) is 6.58. The quantitative estimate of drug-likeness (QED) is 0.344. The van der Waals surface area contributed by atoms with Gasteiger partial charge in [0.25, 0.3) is 0 Å². The number of rotatable bonds is 4. The molecule has 1 aromatic carbocycles. The number of epoxide rings is 3. The number of carbonyl (C=O) groups excluding carboxylic acids is 3. The average molecular weight is 509 g/mol. The van der Waals surface area contributed by atoms with Crippen LogP contribution in [0.15, 0.2) is 35.4 Å². The third kappa shape index (κ3) is 2.49. The van der Waals surface area contributed by atoms with Gasteiger partial charge in [0.2, 0.25) is 0 Å². The lowest BCUT2D eigenvalue weighted by atomic mass is 9.53. The standard InChI is InChI=1S/C28H28O9/c1-12(2)26-21(36-26)22-27(37-22)18-9-8-14-17(11-32-23(14)30)16(18)10-20-28(27,35-20)25(26)34-24(31)15-6-4-5-7-19(15)33-13(3)29/h4-7,12,16,18,20-22,25H,8-11H2,1-3H3. The molecule has 5 fully saturated rings. The second kappa shape index (κ2) is 6.81. The maximum Gasteiger partial charge on any atom is 0.342 e. The molecule has 3 saturated heterocycles. The number of cyclic esters (lactones) is 1. The fourth-order valence-corrected chi connectivity index (χ4v) is 8.43. The van der Waals surface area contributed by atoms with Crippen molar-refractivity contribution in [1.82, 2.24) is 0 Å². The summed E-state index contributed by atoms with van der Waals surface area (Å²) in [5, 5.41) is 0. The Hall–Kier alpha value is -2.75. The molecule has 7 aliphatic rings. The third-order valence-corrected chi connectivity index (χ3v) is 9.99.